The molecule has 2 unspecified atom stereocenters. The van der Waals surface area contributed by atoms with Gasteiger partial charge in [0.05, 0.1) is 0 Å². The highest BCUT2D eigenvalue weighted by Crippen LogP contribution is 2.31. The molecule has 0 aromatic heterocycles. The Kier molecular flexibility index (Phi) is 6.69. The molecule has 0 heterocycles. The van der Waals surface area contributed by atoms with E-state index in [2.05, 4.69) is 25.8 Å². The van der Waals surface area contributed by atoms with Crippen LogP contribution in [0.2, 0.25) is 0 Å². The molecule has 1 fully saturated rings. The van der Waals surface area contributed by atoms with Crippen molar-refractivity contribution in [2.24, 2.45) is 11.8 Å². The highest BCUT2D eigenvalue weighted by Gasteiger charge is 2.25. The van der Waals surface area contributed by atoms with Crippen LogP contribution in [-0.4, -0.2) is 35.6 Å². The summed E-state index contributed by atoms with van der Waals surface area (Å²) in [7, 11) is 2.16. The zero-order valence-electron chi connectivity index (χ0n) is 12.2. The minimum Gasteiger partial charge on any atom is -0.481 e. The third-order valence-corrected chi connectivity index (χ3v) is 4.08. The van der Waals surface area contributed by atoms with E-state index in [1.54, 1.807) is 0 Å². The normalized spacial score (nSPS) is 24.7. The molecule has 106 valence electrons. The Morgan fingerprint density at radius 1 is 1.39 bits per heavy atom. The fourth-order valence-corrected chi connectivity index (χ4v) is 3.21. The van der Waals surface area contributed by atoms with Gasteiger partial charge in [-0.2, -0.15) is 0 Å². The Bertz CT molecular complexity index is 253. The number of carbonyl (C=O) groups is 1. The first-order valence-electron chi connectivity index (χ1n) is 7.41. The van der Waals surface area contributed by atoms with Crippen molar-refractivity contribution < 1.29 is 9.90 Å². The number of nitrogens with zero attached hydrogens (tertiary/aromatic N) is 1. The largest absolute Gasteiger partial charge is 0.481 e. The lowest BCUT2D eigenvalue weighted by Gasteiger charge is -2.36. The molecule has 0 radical (unpaired) electrons. The van der Waals surface area contributed by atoms with Crippen LogP contribution in [0, 0.1) is 11.8 Å². The molecule has 1 N–H and O–H groups in total. The van der Waals surface area contributed by atoms with Gasteiger partial charge in [0.1, 0.15) is 0 Å². The van der Waals surface area contributed by atoms with E-state index in [9.17, 15) is 4.79 Å². The minimum absolute atomic E-state index is 0.298. The van der Waals surface area contributed by atoms with Gasteiger partial charge in [0, 0.05) is 12.5 Å². The van der Waals surface area contributed by atoms with Gasteiger partial charge in [0.25, 0.3) is 0 Å². The first kappa shape index (κ1) is 15.5. The van der Waals surface area contributed by atoms with E-state index in [4.69, 9.17) is 5.11 Å². The summed E-state index contributed by atoms with van der Waals surface area (Å²) in [6.45, 7) is 5.53. The van der Waals surface area contributed by atoms with Gasteiger partial charge in [0.2, 0.25) is 0 Å². The molecule has 0 saturated heterocycles. The summed E-state index contributed by atoms with van der Waals surface area (Å²) in [5.74, 6) is 1.00. The highest BCUT2D eigenvalue weighted by atomic mass is 16.4. The second-order valence-corrected chi connectivity index (χ2v) is 6.29. The van der Waals surface area contributed by atoms with Gasteiger partial charge in [-0.05, 0) is 51.1 Å². The molecular formula is C15H29NO2. The predicted molar refractivity (Wildman–Crippen MR) is 74.7 cm³/mol. The number of aliphatic carboxylic acids is 1. The molecule has 1 aliphatic carbocycles. The molecule has 1 saturated carbocycles. The fourth-order valence-electron chi connectivity index (χ4n) is 3.21. The molecule has 3 nitrogen and oxygen atoms in total. The first-order valence-corrected chi connectivity index (χ1v) is 7.41. The molecule has 3 heteroatoms. The Morgan fingerprint density at radius 2 is 2.11 bits per heavy atom. The molecule has 0 amide bonds. The molecule has 2 atom stereocenters. The minimum atomic E-state index is -0.676. The fraction of sp³-hybridized carbons (Fsp3) is 0.933. The van der Waals surface area contributed by atoms with E-state index in [0.29, 0.717) is 12.5 Å². The zero-order chi connectivity index (χ0) is 13.5. The standard InChI is InChI=1S/C15H29NO2/c1-12(2)10-13-6-4-7-14(11-13)16(3)9-5-8-15(17)18/h12-14H,4-11H2,1-3H3,(H,17,18). The molecule has 0 bridgehead atoms. The summed E-state index contributed by atoms with van der Waals surface area (Å²) in [6, 6.07) is 0.677. The Balaban J connectivity index is 2.29. The van der Waals surface area contributed by atoms with Crippen LogP contribution in [0.15, 0.2) is 0 Å². The maximum Gasteiger partial charge on any atom is 0.303 e. The molecule has 0 aromatic rings. The van der Waals surface area contributed by atoms with Gasteiger partial charge < -0.3 is 10.0 Å². The van der Waals surface area contributed by atoms with Crippen LogP contribution < -0.4 is 0 Å². The Morgan fingerprint density at radius 3 is 2.72 bits per heavy atom. The molecule has 0 spiro atoms. The smallest absolute Gasteiger partial charge is 0.303 e. The van der Waals surface area contributed by atoms with Crippen LogP contribution in [0.5, 0.6) is 0 Å². The number of hydrogen-bond acceptors (Lipinski definition) is 2. The van der Waals surface area contributed by atoms with E-state index < -0.39 is 5.97 Å². The first-order chi connectivity index (χ1) is 8.49. The van der Waals surface area contributed by atoms with Crippen molar-refractivity contribution in [1.29, 1.82) is 0 Å². The van der Waals surface area contributed by atoms with Crippen LogP contribution in [0.25, 0.3) is 0 Å². The van der Waals surface area contributed by atoms with E-state index in [0.717, 1.165) is 24.8 Å². The summed E-state index contributed by atoms with van der Waals surface area (Å²) in [5.41, 5.74) is 0. The monoisotopic (exact) mass is 255 g/mol. The van der Waals surface area contributed by atoms with Crippen LogP contribution in [0.4, 0.5) is 0 Å². The summed E-state index contributed by atoms with van der Waals surface area (Å²) in [6.07, 6.45) is 7.74. The van der Waals surface area contributed by atoms with Gasteiger partial charge in [-0.3, -0.25) is 4.79 Å². The van der Waals surface area contributed by atoms with Gasteiger partial charge in [-0.25, -0.2) is 0 Å². The quantitative estimate of drug-likeness (QED) is 0.758. The van der Waals surface area contributed by atoms with Crippen LogP contribution in [-0.2, 0) is 4.79 Å². The van der Waals surface area contributed by atoms with E-state index in [1.807, 2.05) is 0 Å². The molecule has 0 aromatic carbocycles. The Hall–Kier alpha value is -0.570. The van der Waals surface area contributed by atoms with Crippen LogP contribution >= 0.6 is 0 Å². The lowest BCUT2D eigenvalue weighted by Crippen LogP contribution is -2.37. The topological polar surface area (TPSA) is 40.5 Å². The maximum atomic E-state index is 10.5. The van der Waals surface area contributed by atoms with Gasteiger partial charge in [0.15, 0.2) is 0 Å². The predicted octanol–water partition coefficient (Wildman–Crippen LogP) is 3.39. The summed E-state index contributed by atoms with van der Waals surface area (Å²) in [5, 5.41) is 8.66. The number of carboxylic acids is 1. The lowest BCUT2D eigenvalue weighted by atomic mass is 9.80. The van der Waals surface area contributed by atoms with E-state index in [1.165, 1.54) is 32.1 Å². The summed E-state index contributed by atoms with van der Waals surface area (Å²) >= 11 is 0. The number of carboxylic acid groups (broad SMARTS) is 1. The molecular weight excluding hydrogens is 226 g/mol. The third kappa shape index (κ3) is 5.85. The maximum absolute atomic E-state index is 10.5. The van der Waals surface area contributed by atoms with Gasteiger partial charge >= 0.3 is 5.97 Å². The van der Waals surface area contributed by atoms with Crippen molar-refractivity contribution in [1.82, 2.24) is 4.90 Å². The van der Waals surface area contributed by atoms with Crippen molar-refractivity contribution in [3.05, 3.63) is 0 Å². The number of rotatable bonds is 7. The second-order valence-electron chi connectivity index (χ2n) is 6.29. The van der Waals surface area contributed by atoms with Crippen molar-refractivity contribution in [3.8, 4) is 0 Å². The Labute approximate surface area is 112 Å². The van der Waals surface area contributed by atoms with Crippen molar-refractivity contribution in [3.63, 3.8) is 0 Å². The average molecular weight is 255 g/mol. The molecule has 0 aliphatic heterocycles. The third-order valence-electron chi connectivity index (χ3n) is 4.08. The van der Waals surface area contributed by atoms with Crippen molar-refractivity contribution in [2.45, 2.75) is 64.8 Å². The lowest BCUT2D eigenvalue weighted by molar-refractivity contribution is -0.137. The summed E-state index contributed by atoms with van der Waals surface area (Å²) < 4.78 is 0. The zero-order valence-corrected chi connectivity index (χ0v) is 12.2. The van der Waals surface area contributed by atoms with E-state index >= 15 is 0 Å². The summed E-state index contributed by atoms with van der Waals surface area (Å²) in [4.78, 5) is 12.9. The molecule has 1 rings (SSSR count). The molecule has 1 aliphatic rings. The van der Waals surface area contributed by atoms with Crippen molar-refractivity contribution >= 4 is 5.97 Å². The van der Waals surface area contributed by atoms with Gasteiger partial charge in [-0.1, -0.05) is 26.7 Å². The van der Waals surface area contributed by atoms with Gasteiger partial charge in [-0.15, -0.1) is 0 Å². The van der Waals surface area contributed by atoms with Crippen molar-refractivity contribution in [2.75, 3.05) is 13.6 Å². The molecule has 18 heavy (non-hydrogen) atoms. The average Bonchev–Trinajstić information content (AvgIpc) is 2.27. The van der Waals surface area contributed by atoms with Crippen LogP contribution in [0.1, 0.15) is 58.8 Å². The van der Waals surface area contributed by atoms with E-state index in [-0.39, 0.29) is 0 Å². The highest BCUT2D eigenvalue weighted by molar-refractivity contribution is 5.66. The SMILES string of the molecule is CC(C)CC1CCCC(N(C)CCCC(=O)O)C1. The van der Waals surface area contributed by atoms with Crippen LogP contribution in [0.3, 0.4) is 0 Å². The second kappa shape index (κ2) is 7.78. The number of hydrogen-bond donors (Lipinski definition) is 1.